The molecule has 4 nitrogen and oxygen atoms in total. The van der Waals surface area contributed by atoms with Gasteiger partial charge in [0.2, 0.25) is 5.91 Å². The lowest BCUT2D eigenvalue weighted by molar-refractivity contribution is -0.125. The first-order valence-electron chi connectivity index (χ1n) is 7.82. The van der Waals surface area contributed by atoms with E-state index in [0.717, 1.165) is 18.4 Å². The average molecular weight is 308 g/mol. The first-order valence-corrected chi connectivity index (χ1v) is 7.82. The summed E-state index contributed by atoms with van der Waals surface area (Å²) in [4.78, 5) is 12.2. The third kappa shape index (κ3) is 3.84. The molecule has 1 fully saturated rings. The summed E-state index contributed by atoms with van der Waals surface area (Å²) in [5.74, 6) is -0.520. The third-order valence-electron chi connectivity index (χ3n) is 4.71. The fraction of sp³-hybridized carbons (Fsp3) is 0.588. The van der Waals surface area contributed by atoms with Gasteiger partial charge in [0.15, 0.2) is 0 Å². The van der Waals surface area contributed by atoms with Crippen molar-refractivity contribution in [2.45, 2.75) is 38.1 Å². The normalized spacial score (nSPS) is 20.2. The summed E-state index contributed by atoms with van der Waals surface area (Å²) in [7, 11) is 0. The minimum absolute atomic E-state index is 0.0389. The highest BCUT2D eigenvalue weighted by Crippen LogP contribution is 2.34. The van der Waals surface area contributed by atoms with Crippen molar-refractivity contribution in [3.05, 3.63) is 35.6 Å². The average Bonchev–Trinajstić information content (AvgIpc) is 2.53. The second-order valence-electron chi connectivity index (χ2n) is 6.27. The largest absolute Gasteiger partial charge is 0.381 e. The first-order chi connectivity index (χ1) is 10.4. The number of hydrogen-bond donors (Lipinski definition) is 2. The van der Waals surface area contributed by atoms with E-state index < -0.39 is 0 Å². The molecule has 0 aromatic heterocycles. The highest BCUT2D eigenvalue weighted by Gasteiger charge is 2.35. The van der Waals surface area contributed by atoms with Gasteiger partial charge < -0.3 is 15.8 Å². The number of nitrogens with one attached hydrogen (secondary N) is 1. The molecule has 0 spiro atoms. The lowest BCUT2D eigenvalue weighted by Gasteiger charge is -2.38. The first kappa shape index (κ1) is 16.9. The lowest BCUT2D eigenvalue weighted by atomic mass is 9.74. The number of nitrogens with two attached hydrogens (primary N) is 1. The molecule has 0 saturated carbocycles. The van der Waals surface area contributed by atoms with Crippen LogP contribution in [0.4, 0.5) is 4.39 Å². The predicted octanol–water partition coefficient (Wildman–Crippen LogP) is 1.97. The highest BCUT2D eigenvalue weighted by atomic mass is 19.1. The van der Waals surface area contributed by atoms with E-state index in [-0.39, 0.29) is 29.1 Å². The van der Waals surface area contributed by atoms with Gasteiger partial charge in [0.25, 0.3) is 0 Å². The molecule has 1 aromatic rings. The quantitative estimate of drug-likeness (QED) is 0.874. The Bertz CT molecular complexity index is 496. The van der Waals surface area contributed by atoms with Gasteiger partial charge in [-0.25, -0.2) is 4.39 Å². The highest BCUT2D eigenvalue weighted by molar-refractivity contribution is 5.79. The minimum Gasteiger partial charge on any atom is -0.381 e. The summed E-state index contributed by atoms with van der Waals surface area (Å²) in [6, 6.07) is 6.37. The fourth-order valence-electron chi connectivity index (χ4n) is 2.79. The molecule has 2 rings (SSSR count). The molecule has 0 radical (unpaired) electrons. The Labute approximate surface area is 131 Å². The van der Waals surface area contributed by atoms with E-state index >= 15 is 0 Å². The van der Waals surface area contributed by atoms with Crippen molar-refractivity contribution >= 4 is 5.91 Å². The fourth-order valence-corrected chi connectivity index (χ4v) is 2.79. The van der Waals surface area contributed by atoms with E-state index in [1.54, 1.807) is 0 Å². The van der Waals surface area contributed by atoms with Crippen molar-refractivity contribution in [3.8, 4) is 0 Å². The Morgan fingerprint density at radius 2 is 1.91 bits per heavy atom. The number of halogens is 1. The van der Waals surface area contributed by atoms with Crippen LogP contribution in [0.3, 0.4) is 0 Å². The maximum atomic E-state index is 13.2. The molecule has 1 aliphatic rings. The van der Waals surface area contributed by atoms with E-state index in [9.17, 15) is 9.18 Å². The Balaban J connectivity index is 2.12. The predicted molar refractivity (Wildman–Crippen MR) is 84.0 cm³/mol. The van der Waals surface area contributed by atoms with Crippen LogP contribution in [0.25, 0.3) is 0 Å². The SMILES string of the molecule is CC(N)C(C)C(=O)NCC1(c2ccc(F)cc2)CCOCC1. The summed E-state index contributed by atoms with van der Waals surface area (Å²) >= 11 is 0. The minimum atomic E-state index is -0.249. The summed E-state index contributed by atoms with van der Waals surface area (Å²) in [5.41, 5.74) is 6.64. The number of benzene rings is 1. The topological polar surface area (TPSA) is 64.4 Å². The van der Waals surface area contributed by atoms with Crippen LogP contribution in [0.5, 0.6) is 0 Å². The Morgan fingerprint density at radius 1 is 1.32 bits per heavy atom. The summed E-state index contributed by atoms with van der Waals surface area (Å²) in [5, 5.41) is 3.02. The number of carbonyl (C=O) groups excluding carboxylic acids is 1. The van der Waals surface area contributed by atoms with Crippen LogP contribution in [0.2, 0.25) is 0 Å². The van der Waals surface area contributed by atoms with Crippen LogP contribution in [0, 0.1) is 11.7 Å². The monoisotopic (exact) mass is 308 g/mol. The van der Waals surface area contributed by atoms with E-state index in [1.165, 1.54) is 12.1 Å². The van der Waals surface area contributed by atoms with Gasteiger partial charge in [-0.05, 0) is 37.5 Å². The summed E-state index contributed by atoms with van der Waals surface area (Å²) in [6.07, 6.45) is 1.62. The molecule has 1 heterocycles. The molecule has 1 aliphatic heterocycles. The van der Waals surface area contributed by atoms with Gasteiger partial charge in [-0.1, -0.05) is 19.1 Å². The van der Waals surface area contributed by atoms with Crippen molar-refractivity contribution in [2.24, 2.45) is 11.7 Å². The molecule has 1 aromatic carbocycles. The van der Waals surface area contributed by atoms with Gasteiger partial charge in [0.05, 0.1) is 0 Å². The van der Waals surface area contributed by atoms with Crippen LogP contribution in [0.15, 0.2) is 24.3 Å². The Morgan fingerprint density at radius 3 is 2.45 bits per heavy atom. The summed E-state index contributed by atoms with van der Waals surface area (Å²) in [6.45, 7) is 5.48. The van der Waals surface area contributed by atoms with Crippen LogP contribution in [-0.2, 0) is 14.9 Å². The number of ether oxygens (including phenoxy) is 1. The standard InChI is InChI=1S/C17H25FN2O2/c1-12(13(2)19)16(21)20-11-17(7-9-22-10-8-17)14-3-5-15(18)6-4-14/h3-6,12-13H,7-11,19H2,1-2H3,(H,20,21). The summed E-state index contributed by atoms with van der Waals surface area (Å²) < 4.78 is 18.6. The maximum Gasteiger partial charge on any atom is 0.224 e. The molecule has 1 amide bonds. The number of amides is 1. The zero-order chi connectivity index (χ0) is 16.2. The van der Waals surface area contributed by atoms with Crippen LogP contribution in [0.1, 0.15) is 32.3 Å². The van der Waals surface area contributed by atoms with Gasteiger partial charge in [-0.2, -0.15) is 0 Å². The van der Waals surface area contributed by atoms with Crippen LogP contribution < -0.4 is 11.1 Å². The van der Waals surface area contributed by atoms with Crippen molar-refractivity contribution in [1.29, 1.82) is 0 Å². The van der Waals surface area contributed by atoms with Gasteiger partial charge in [-0.3, -0.25) is 4.79 Å². The van der Waals surface area contributed by atoms with Crippen molar-refractivity contribution in [1.82, 2.24) is 5.32 Å². The van der Waals surface area contributed by atoms with E-state index in [0.29, 0.717) is 19.8 Å². The second kappa shape index (κ2) is 7.20. The third-order valence-corrected chi connectivity index (χ3v) is 4.71. The zero-order valence-corrected chi connectivity index (χ0v) is 13.3. The number of rotatable bonds is 5. The smallest absolute Gasteiger partial charge is 0.224 e. The van der Waals surface area contributed by atoms with E-state index in [2.05, 4.69) is 5.32 Å². The van der Waals surface area contributed by atoms with E-state index in [4.69, 9.17) is 10.5 Å². The van der Waals surface area contributed by atoms with E-state index in [1.807, 2.05) is 26.0 Å². The second-order valence-corrected chi connectivity index (χ2v) is 6.27. The molecule has 0 aliphatic carbocycles. The van der Waals surface area contributed by atoms with Crippen molar-refractivity contribution in [3.63, 3.8) is 0 Å². The molecule has 22 heavy (non-hydrogen) atoms. The molecule has 1 saturated heterocycles. The molecule has 0 bridgehead atoms. The maximum absolute atomic E-state index is 13.2. The van der Waals surface area contributed by atoms with Crippen molar-refractivity contribution in [2.75, 3.05) is 19.8 Å². The van der Waals surface area contributed by atoms with Gasteiger partial charge in [-0.15, -0.1) is 0 Å². The van der Waals surface area contributed by atoms with Crippen molar-refractivity contribution < 1.29 is 13.9 Å². The molecule has 2 unspecified atom stereocenters. The van der Waals surface area contributed by atoms with Crippen LogP contribution >= 0.6 is 0 Å². The molecular formula is C17H25FN2O2. The Hall–Kier alpha value is -1.46. The lowest BCUT2D eigenvalue weighted by Crippen LogP contribution is -2.47. The molecular weight excluding hydrogens is 283 g/mol. The molecule has 122 valence electrons. The van der Waals surface area contributed by atoms with Gasteiger partial charge >= 0.3 is 0 Å². The van der Waals surface area contributed by atoms with Gasteiger partial charge in [0, 0.05) is 37.1 Å². The molecule has 3 N–H and O–H groups in total. The zero-order valence-electron chi connectivity index (χ0n) is 13.3. The van der Waals surface area contributed by atoms with Crippen LogP contribution in [-0.4, -0.2) is 31.7 Å². The molecule has 2 atom stereocenters. The number of carbonyl (C=O) groups is 1. The molecule has 5 heteroatoms. The van der Waals surface area contributed by atoms with Gasteiger partial charge in [0.1, 0.15) is 5.82 Å². The Kier molecular flexibility index (Phi) is 5.53. The number of hydrogen-bond acceptors (Lipinski definition) is 3.